The number of nitroso groups, excluding NO2 is 1. The van der Waals surface area contributed by atoms with Crippen molar-refractivity contribution >= 4 is 42.1 Å². The van der Waals surface area contributed by atoms with Crippen molar-refractivity contribution in [1.29, 1.82) is 0 Å². The number of aldehydes is 1. The summed E-state index contributed by atoms with van der Waals surface area (Å²) >= 11 is 0. The molecule has 0 aliphatic carbocycles. The molecule has 0 aromatic carbocycles. The monoisotopic (exact) mass is 1020 g/mol. The van der Waals surface area contributed by atoms with Crippen LogP contribution in [0.1, 0.15) is 125 Å². The van der Waals surface area contributed by atoms with Crippen LogP contribution in [-0.4, -0.2) is 157 Å². The fourth-order valence-corrected chi connectivity index (χ4v) is 6.88. The van der Waals surface area contributed by atoms with Crippen LogP contribution in [0, 0.1) is 17.3 Å². The minimum absolute atomic E-state index is 0. The number of esters is 2. The van der Waals surface area contributed by atoms with Gasteiger partial charge in [-0.15, -0.1) is 11.3 Å². The molecule has 5 N–H and O–H groups in total. The first kappa shape index (κ1) is 64.5. The molecular formula is C44H68F3N9O15. The van der Waals surface area contributed by atoms with Gasteiger partial charge in [0, 0.05) is 56.7 Å². The fourth-order valence-electron chi connectivity index (χ4n) is 6.88. The van der Waals surface area contributed by atoms with Crippen molar-refractivity contribution in [2.45, 2.75) is 143 Å². The summed E-state index contributed by atoms with van der Waals surface area (Å²) in [6, 6.07) is 2.74. The van der Waals surface area contributed by atoms with Crippen molar-refractivity contribution in [3.8, 4) is 12.3 Å². The normalized spacial score (nSPS) is 19.3. The molecule has 5 fully saturated rings. The molecule has 0 bridgehead atoms. The van der Waals surface area contributed by atoms with Gasteiger partial charge in [0.25, 0.3) is 0 Å². The Morgan fingerprint density at radius 2 is 1.45 bits per heavy atom. The van der Waals surface area contributed by atoms with Crippen molar-refractivity contribution in [1.82, 2.24) is 40.5 Å². The van der Waals surface area contributed by atoms with E-state index >= 15 is 0 Å². The molecular weight excluding hydrogens is 952 g/mol. The number of fused-ring (bicyclic) bond motifs is 3. The average Bonchev–Trinajstić information content (AvgIpc) is 4.17. The molecule has 400 valence electrons. The highest BCUT2D eigenvalue weighted by molar-refractivity contribution is 5.87. The molecule has 7 aliphatic heterocycles. The van der Waals surface area contributed by atoms with E-state index in [1.165, 1.54) is 25.0 Å². The zero-order valence-corrected chi connectivity index (χ0v) is 38.4. The molecule has 0 saturated carbocycles. The minimum Gasteiger partial charge on any atom is -0.480 e. The summed E-state index contributed by atoms with van der Waals surface area (Å²) in [5.41, 5.74) is 5.90. The van der Waals surface area contributed by atoms with Crippen LogP contribution in [-0.2, 0) is 69.0 Å². The number of nitrogens with one attached hydrogen (secondary N) is 2. The predicted molar refractivity (Wildman–Crippen MR) is 246 cm³/mol. The number of terminal acetylenes is 1. The van der Waals surface area contributed by atoms with Crippen molar-refractivity contribution in [2.75, 3.05) is 46.1 Å². The second kappa shape index (κ2) is 34.7. The summed E-state index contributed by atoms with van der Waals surface area (Å²) in [5.74, 6) is -3.68. The second-order valence-electron chi connectivity index (χ2n) is 15.2. The maximum Gasteiger partial charge on any atom is 0.490 e. The quantitative estimate of drug-likeness (QED) is 0.0653. The van der Waals surface area contributed by atoms with E-state index in [2.05, 4.69) is 42.4 Å². The summed E-state index contributed by atoms with van der Waals surface area (Å²) in [6.07, 6.45) is 12.4. The SMILES string of the molecule is C.C.C#CC(=O)OCC.C1CCOC1.CCOC(=O)c1cc2n(n1)CCC2.O=C(O)C(F)(F)F.O=C(O)C1CCCN1.O=C1ONN2CCCC12.O=Cc1cc2n(n1)CCC2.O=NN1CCCC1C(=O)O. The van der Waals surface area contributed by atoms with Crippen molar-refractivity contribution < 1.29 is 81.1 Å². The summed E-state index contributed by atoms with van der Waals surface area (Å²) in [4.78, 5) is 86.0. The molecule has 0 amide bonds. The van der Waals surface area contributed by atoms with Gasteiger partial charge in [0.15, 0.2) is 12.0 Å². The lowest BCUT2D eigenvalue weighted by Gasteiger charge is -2.11. The van der Waals surface area contributed by atoms with Gasteiger partial charge in [-0.05, 0) is 110 Å². The summed E-state index contributed by atoms with van der Waals surface area (Å²) < 4.78 is 49.6. The number of carboxylic acids is 3. The summed E-state index contributed by atoms with van der Waals surface area (Å²) in [5, 5.41) is 40.5. The fraction of sp³-hybridized carbons (Fsp3) is 0.659. The molecule has 71 heavy (non-hydrogen) atoms. The highest BCUT2D eigenvalue weighted by Gasteiger charge is 2.39. The molecule has 3 atom stereocenters. The number of aryl methyl sites for hydroxylation is 4. The predicted octanol–water partition coefficient (Wildman–Crippen LogP) is 4.00. The number of nitrogens with zero attached hydrogens (tertiary/aromatic N) is 7. The smallest absolute Gasteiger partial charge is 0.480 e. The lowest BCUT2D eigenvalue weighted by Crippen LogP contribution is -2.32. The zero-order valence-electron chi connectivity index (χ0n) is 38.4. The third kappa shape index (κ3) is 23.8. The molecule has 2 aromatic rings. The van der Waals surface area contributed by atoms with Crippen LogP contribution >= 0.6 is 0 Å². The van der Waals surface area contributed by atoms with E-state index in [0.717, 1.165) is 108 Å². The van der Waals surface area contributed by atoms with E-state index < -0.39 is 36.1 Å². The molecule has 9 rings (SSSR count). The van der Waals surface area contributed by atoms with Crippen molar-refractivity contribution in [2.24, 2.45) is 5.29 Å². The van der Waals surface area contributed by atoms with Gasteiger partial charge >= 0.3 is 42.0 Å². The molecule has 7 aliphatic rings. The van der Waals surface area contributed by atoms with E-state index in [0.29, 0.717) is 37.6 Å². The Morgan fingerprint density at radius 3 is 1.85 bits per heavy atom. The Morgan fingerprint density at radius 1 is 0.859 bits per heavy atom. The van der Waals surface area contributed by atoms with Gasteiger partial charge in [-0.25, -0.2) is 29.0 Å². The topological polar surface area (TPSA) is 313 Å². The molecule has 27 heteroatoms. The molecule has 0 radical (unpaired) electrons. The van der Waals surface area contributed by atoms with Gasteiger partial charge in [-0.3, -0.25) is 19.0 Å². The Labute approximate surface area is 409 Å². The van der Waals surface area contributed by atoms with Gasteiger partial charge in [-0.2, -0.15) is 28.4 Å². The second-order valence-corrected chi connectivity index (χ2v) is 15.2. The minimum atomic E-state index is -5.08. The molecule has 2 aromatic heterocycles. The molecule has 3 unspecified atom stereocenters. The van der Waals surface area contributed by atoms with E-state index in [9.17, 15) is 46.8 Å². The van der Waals surface area contributed by atoms with Gasteiger partial charge in [0.1, 0.15) is 23.8 Å². The largest absolute Gasteiger partial charge is 0.490 e. The van der Waals surface area contributed by atoms with Gasteiger partial charge in [-0.1, -0.05) is 20.4 Å². The first-order valence-corrected chi connectivity index (χ1v) is 22.2. The van der Waals surface area contributed by atoms with E-state index in [4.69, 9.17) is 29.6 Å². The number of hydrogen-bond donors (Lipinski definition) is 5. The number of alkyl halides is 3. The number of rotatable bonds is 7. The first-order valence-electron chi connectivity index (χ1n) is 22.2. The molecule has 9 heterocycles. The number of aliphatic carboxylic acids is 3. The number of ether oxygens (including phenoxy) is 3. The Balaban J connectivity index is 0.000000796. The average molecular weight is 1020 g/mol. The van der Waals surface area contributed by atoms with Crippen LogP contribution in [0.2, 0.25) is 0 Å². The van der Waals surface area contributed by atoms with Gasteiger partial charge in [0.2, 0.25) is 0 Å². The van der Waals surface area contributed by atoms with Crippen LogP contribution in [0.25, 0.3) is 0 Å². The third-order valence-electron chi connectivity index (χ3n) is 10.2. The molecule has 24 nitrogen and oxygen atoms in total. The Kier molecular flexibility index (Phi) is 31.6. The number of hydrazine groups is 1. The van der Waals surface area contributed by atoms with Gasteiger partial charge < -0.3 is 39.7 Å². The lowest BCUT2D eigenvalue weighted by atomic mass is 10.2. The Hall–Kier alpha value is -6.50. The van der Waals surface area contributed by atoms with E-state index in [-0.39, 0.29) is 38.9 Å². The number of hydrogen-bond acceptors (Lipinski definition) is 18. The highest BCUT2D eigenvalue weighted by atomic mass is 19.4. The number of carboxylic acid groups (broad SMARTS) is 3. The van der Waals surface area contributed by atoms with E-state index in [1.807, 2.05) is 26.5 Å². The van der Waals surface area contributed by atoms with Crippen LogP contribution < -0.4 is 10.9 Å². The van der Waals surface area contributed by atoms with Crippen LogP contribution in [0.15, 0.2) is 17.4 Å². The Bertz CT molecular complexity index is 1970. The highest BCUT2D eigenvalue weighted by Crippen LogP contribution is 2.20. The zero-order chi connectivity index (χ0) is 51.4. The molecule has 0 spiro atoms. The maximum atomic E-state index is 11.3. The standard InChI is InChI=1S/C9H12N2O2.C7H8N2O.C5H8N2O3.C5H8N2O2.C5H9NO2.C5H6O2.C4H8O.C2HF3O2.2CH4/c1-2-13-9(12)8-6-7-4-3-5-11(7)10-8;10-5-6-4-7-2-1-3-9(7)8-6;8-5(9)4-2-1-3-7(4)6-10;8-5-4-2-1-3-7(4)6-9-5;7-5(8)4-2-1-3-6-4;1-3-5(6)7-4-2;1-2-4-5-3-1;3-2(4,5)1(6)7;;/h6H,2-5H2,1H3;4-5H,1-3H2;4H,1-3H2,(H,8,9);4,6H,1-3H2;4,6H,1-3H2,(H,7,8);1H,4H2,2H3;1-4H2;(H,6,7);2*1H4. The van der Waals surface area contributed by atoms with Crippen LogP contribution in [0.4, 0.5) is 13.2 Å². The number of halogens is 3. The van der Waals surface area contributed by atoms with Crippen LogP contribution in [0.3, 0.4) is 0 Å². The number of carbonyl (C=O) groups is 7. The summed E-state index contributed by atoms with van der Waals surface area (Å²) in [7, 11) is 0. The summed E-state index contributed by atoms with van der Waals surface area (Å²) in [6.45, 7) is 10.4. The van der Waals surface area contributed by atoms with Gasteiger partial charge in [0.05, 0.1) is 18.5 Å². The number of carbonyl (C=O) groups excluding carboxylic acids is 4. The lowest BCUT2D eigenvalue weighted by molar-refractivity contribution is -0.192. The van der Waals surface area contributed by atoms with Crippen molar-refractivity contribution in [3.63, 3.8) is 0 Å². The van der Waals surface area contributed by atoms with Crippen molar-refractivity contribution in [3.05, 3.63) is 39.8 Å². The number of aromatic nitrogens is 4. The first-order chi connectivity index (χ1) is 32.9. The maximum absolute atomic E-state index is 11.3. The molecule has 5 saturated heterocycles. The van der Waals surface area contributed by atoms with Crippen LogP contribution in [0.5, 0.6) is 0 Å². The van der Waals surface area contributed by atoms with E-state index in [1.54, 1.807) is 19.8 Å². The third-order valence-corrected chi connectivity index (χ3v) is 10.2.